The molecule has 2 aliphatic rings. The lowest BCUT2D eigenvalue weighted by molar-refractivity contribution is -0.194. The van der Waals surface area contributed by atoms with E-state index in [0.717, 1.165) is 36.4 Å². The van der Waals surface area contributed by atoms with Crippen molar-refractivity contribution in [3.05, 3.63) is 51.9 Å². The molecule has 3 heteroatoms. The van der Waals surface area contributed by atoms with Gasteiger partial charge in [-0.15, -0.1) is 0 Å². The van der Waals surface area contributed by atoms with Crippen molar-refractivity contribution in [2.75, 3.05) is 0 Å². The summed E-state index contributed by atoms with van der Waals surface area (Å²) in [4.78, 5) is 11.3. The summed E-state index contributed by atoms with van der Waals surface area (Å²) in [7, 11) is 0. The molecule has 0 saturated carbocycles. The Bertz CT molecular complexity index is 773. The van der Waals surface area contributed by atoms with Crippen LogP contribution in [0.2, 0.25) is 0 Å². The topological polar surface area (TPSA) is 24.8 Å². The average molecular weight is 353 g/mol. The molecule has 0 saturated heterocycles. The van der Waals surface area contributed by atoms with Crippen LogP contribution in [-0.2, 0) is 4.84 Å². The van der Waals surface area contributed by atoms with Crippen LogP contribution in [0.4, 0.5) is 0 Å². The van der Waals surface area contributed by atoms with Crippen molar-refractivity contribution in [1.29, 1.82) is 0 Å². The summed E-state index contributed by atoms with van der Waals surface area (Å²) in [6.45, 7) is 15.3. The second kappa shape index (κ2) is 7.40. The zero-order chi connectivity index (χ0) is 19.0. The Morgan fingerprint density at radius 3 is 2.31 bits per heavy atom. The quantitative estimate of drug-likeness (QED) is 0.659. The third-order valence-electron chi connectivity index (χ3n) is 5.45. The highest BCUT2D eigenvalue weighted by Gasteiger charge is 2.34. The van der Waals surface area contributed by atoms with E-state index in [1.54, 1.807) is 0 Å². The highest BCUT2D eigenvalue weighted by molar-refractivity contribution is 6.00. The Hall–Kier alpha value is -1.87. The van der Waals surface area contributed by atoms with Gasteiger partial charge in [0.2, 0.25) is 0 Å². The summed E-state index contributed by atoms with van der Waals surface area (Å²) >= 11 is 0. The van der Waals surface area contributed by atoms with Gasteiger partial charge in [-0.25, -0.2) is 5.06 Å². The van der Waals surface area contributed by atoms with Crippen LogP contribution in [0.1, 0.15) is 69.2 Å². The van der Waals surface area contributed by atoms with E-state index in [2.05, 4.69) is 71.7 Å². The number of allylic oxidation sites excluding steroid dienone is 1. The van der Waals surface area contributed by atoms with Gasteiger partial charge < -0.3 is 0 Å². The largest absolute Gasteiger partial charge is 0.270 e. The minimum atomic E-state index is 0.255. The third kappa shape index (κ3) is 3.37. The number of aliphatic imine (C=N–C) groups is 1. The van der Waals surface area contributed by atoms with E-state index in [9.17, 15) is 0 Å². The van der Waals surface area contributed by atoms with Crippen molar-refractivity contribution < 1.29 is 4.84 Å². The Kier molecular flexibility index (Phi) is 5.38. The minimum Gasteiger partial charge on any atom is -0.270 e. The van der Waals surface area contributed by atoms with E-state index in [1.807, 2.05) is 0 Å². The van der Waals surface area contributed by atoms with Crippen molar-refractivity contribution in [2.45, 2.75) is 79.9 Å². The van der Waals surface area contributed by atoms with E-state index < -0.39 is 0 Å². The Morgan fingerprint density at radius 1 is 1.12 bits per heavy atom. The first-order valence-electron chi connectivity index (χ1n) is 9.90. The SMILES string of the molecule is CCC(CC)ON1C2=CC(C)=NC2=C(c2c(C)cc(C)cc2C)CC1C. The first-order chi connectivity index (χ1) is 12.3. The maximum Gasteiger partial charge on any atom is 0.0929 e. The average Bonchev–Trinajstić information content (AvgIpc) is 2.95. The minimum absolute atomic E-state index is 0.255. The summed E-state index contributed by atoms with van der Waals surface area (Å²) in [5.74, 6) is 0. The molecule has 2 heterocycles. The summed E-state index contributed by atoms with van der Waals surface area (Å²) in [5.41, 5.74) is 10.0. The number of hydrogen-bond donors (Lipinski definition) is 0. The fourth-order valence-corrected chi connectivity index (χ4v) is 4.27. The molecular weight excluding hydrogens is 320 g/mol. The monoisotopic (exact) mass is 352 g/mol. The molecule has 0 fully saturated rings. The number of aryl methyl sites for hydroxylation is 3. The zero-order valence-corrected chi connectivity index (χ0v) is 17.3. The molecule has 0 aliphatic carbocycles. The number of hydrogen-bond acceptors (Lipinski definition) is 3. The molecule has 1 aromatic rings. The maximum absolute atomic E-state index is 6.39. The predicted octanol–water partition coefficient (Wildman–Crippen LogP) is 5.90. The van der Waals surface area contributed by atoms with Crippen LogP contribution < -0.4 is 0 Å². The molecule has 3 nitrogen and oxygen atoms in total. The van der Waals surface area contributed by atoms with Gasteiger partial charge in [0.05, 0.1) is 23.5 Å². The highest BCUT2D eigenvalue weighted by Crippen LogP contribution is 2.42. The Morgan fingerprint density at radius 2 is 1.73 bits per heavy atom. The molecule has 0 N–H and O–H groups in total. The van der Waals surface area contributed by atoms with Crippen molar-refractivity contribution in [3.63, 3.8) is 0 Å². The molecule has 1 unspecified atom stereocenters. The van der Waals surface area contributed by atoms with Crippen LogP contribution in [0.25, 0.3) is 5.57 Å². The predicted molar refractivity (Wildman–Crippen MR) is 110 cm³/mol. The van der Waals surface area contributed by atoms with Gasteiger partial charge in [0.15, 0.2) is 0 Å². The molecule has 0 radical (unpaired) electrons. The van der Waals surface area contributed by atoms with E-state index in [-0.39, 0.29) is 6.10 Å². The molecule has 140 valence electrons. The van der Waals surface area contributed by atoms with Gasteiger partial charge in [0.1, 0.15) is 0 Å². The fourth-order valence-electron chi connectivity index (χ4n) is 4.27. The molecule has 2 aliphatic heterocycles. The number of rotatable bonds is 5. The second-order valence-corrected chi connectivity index (χ2v) is 7.81. The summed E-state index contributed by atoms with van der Waals surface area (Å²) in [6.07, 6.45) is 5.43. The van der Waals surface area contributed by atoms with Gasteiger partial charge in [-0.1, -0.05) is 31.5 Å². The maximum atomic E-state index is 6.39. The normalized spacial score (nSPS) is 19.8. The van der Waals surface area contributed by atoms with Crippen molar-refractivity contribution >= 4 is 11.3 Å². The standard InChI is InChI=1S/C23H32N2O/c1-8-19(9-2)26-25-18(7)13-20(23-21(25)12-17(6)24-23)22-15(4)10-14(3)11-16(22)5/h10-12,18-19H,8-9,13H2,1-7H3. The van der Waals surface area contributed by atoms with E-state index in [1.165, 1.54) is 27.8 Å². The lowest BCUT2D eigenvalue weighted by Crippen LogP contribution is -2.39. The molecule has 0 amide bonds. The molecule has 0 aromatic heterocycles. The number of benzene rings is 1. The molecule has 0 spiro atoms. The van der Waals surface area contributed by atoms with Crippen LogP contribution >= 0.6 is 0 Å². The number of hydroxylamine groups is 2. The molecule has 0 bridgehead atoms. The molecule has 1 atom stereocenters. The van der Waals surface area contributed by atoms with Crippen LogP contribution in [0, 0.1) is 20.8 Å². The summed E-state index contributed by atoms with van der Waals surface area (Å²) < 4.78 is 0. The van der Waals surface area contributed by atoms with Gasteiger partial charge in [-0.2, -0.15) is 0 Å². The van der Waals surface area contributed by atoms with Crippen molar-refractivity contribution in [3.8, 4) is 0 Å². The molecule has 1 aromatic carbocycles. The van der Waals surface area contributed by atoms with E-state index in [0.29, 0.717) is 6.04 Å². The van der Waals surface area contributed by atoms with Gasteiger partial charge in [-0.3, -0.25) is 9.83 Å². The van der Waals surface area contributed by atoms with E-state index >= 15 is 0 Å². The summed E-state index contributed by atoms with van der Waals surface area (Å²) in [5, 5.41) is 2.12. The van der Waals surface area contributed by atoms with E-state index in [4.69, 9.17) is 9.83 Å². The summed E-state index contributed by atoms with van der Waals surface area (Å²) in [6, 6.07) is 4.85. The second-order valence-electron chi connectivity index (χ2n) is 7.81. The van der Waals surface area contributed by atoms with Gasteiger partial charge >= 0.3 is 0 Å². The smallest absolute Gasteiger partial charge is 0.0929 e. The Balaban J connectivity index is 2.09. The van der Waals surface area contributed by atoms with Crippen LogP contribution in [0.5, 0.6) is 0 Å². The number of fused-ring (bicyclic) bond motifs is 1. The van der Waals surface area contributed by atoms with Gasteiger partial charge in [0, 0.05) is 5.71 Å². The highest BCUT2D eigenvalue weighted by atomic mass is 16.7. The molecule has 3 rings (SSSR count). The lowest BCUT2D eigenvalue weighted by Gasteiger charge is -2.39. The van der Waals surface area contributed by atoms with Crippen LogP contribution in [0.3, 0.4) is 0 Å². The third-order valence-corrected chi connectivity index (χ3v) is 5.45. The van der Waals surface area contributed by atoms with Crippen molar-refractivity contribution in [2.24, 2.45) is 4.99 Å². The van der Waals surface area contributed by atoms with Gasteiger partial charge in [-0.05, 0) is 82.2 Å². The fraction of sp³-hybridized carbons (Fsp3) is 0.522. The lowest BCUT2D eigenvalue weighted by atomic mass is 9.86. The molecular formula is C23H32N2O. The number of nitrogens with zero attached hydrogens (tertiary/aromatic N) is 2. The first kappa shape index (κ1) is 18.9. The first-order valence-corrected chi connectivity index (χ1v) is 9.90. The Labute approximate surface area is 158 Å². The van der Waals surface area contributed by atoms with Gasteiger partial charge in [0.25, 0.3) is 0 Å². The zero-order valence-electron chi connectivity index (χ0n) is 17.3. The van der Waals surface area contributed by atoms with Crippen molar-refractivity contribution in [1.82, 2.24) is 5.06 Å². The van der Waals surface area contributed by atoms with Crippen LogP contribution in [0.15, 0.2) is 34.6 Å². The van der Waals surface area contributed by atoms with Crippen LogP contribution in [-0.4, -0.2) is 22.9 Å². The molecule has 26 heavy (non-hydrogen) atoms.